The first-order chi connectivity index (χ1) is 7.77. The predicted molar refractivity (Wildman–Crippen MR) is 64.7 cm³/mol. The van der Waals surface area contributed by atoms with Crippen LogP contribution in [0.15, 0.2) is 35.0 Å². The Morgan fingerprint density at radius 3 is 2.94 bits per heavy atom. The second-order valence-corrected chi connectivity index (χ2v) is 4.40. The standard InChI is InChI=1S/C13H13FOS/c1-10-3-2-4-12(13(10)14)15-7-5-11-6-8-16-9-11/h2-4,6,8-9H,5,7H2,1H3. The Balaban J connectivity index is 1.92. The summed E-state index contributed by atoms with van der Waals surface area (Å²) >= 11 is 1.66. The van der Waals surface area contributed by atoms with Gasteiger partial charge in [-0.2, -0.15) is 11.3 Å². The van der Waals surface area contributed by atoms with E-state index in [1.54, 1.807) is 36.5 Å². The second-order valence-electron chi connectivity index (χ2n) is 3.62. The van der Waals surface area contributed by atoms with Crippen molar-refractivity contribution < 1.29 is 9.13 Å². The van der Waals surface area contributed by atoms with Crippen molar-refractivity contribution in [1.82, 2.24) is 0 Å². The van der Waals surface area contributed by atoms with Crippen molar-refractivity contribution in [3.8, 4) is 5.75 Å². The van der Waals surface area contributed by atoms with Gasteiger partial charge in [-0.05, 0) is 40.9 Å². The number of ether oxygens (including phenoxy) is 1. The van der Waals surface area contributed by atoms with E-state index in [0.717, 1.165) is 6.42 Å². The molecule has 2 aromatic rings. The van der Waals surface area contributed by atoms with Crippen molar-refractivity contribution in [2.45, 2.75) is 13.3 Å². The van der Waals surface area contributed by atoms with E-state index in [0.29, 0.717) is 17.9 Å². The summed E-state index contributed by atoms with van der Waals surface area (Å²) < 4.78 is 19.0. The van der Waals surface area contributed by atoms with Gasteiger partial charge >= 0.3 is 0 Å². The van der Waals surface area contributed by atoms with Crippen molar-refractivity contribution in [2.75, 3.05) is 6.61 Å². The van der Waals surface area contributed by atoms with Gasteiger partial charge in [0.05, 0.1) is 6.61 Å². The van der Waals surface area contributed by atoms with E-state index < -0.39 is 0 Å². The molecule has 0 atom stereocenters. The molecule has 1 aromatic heterocycles. The van der Waals surface area contributed by atoms with Crippen LogP contribution in [0.2, 0.25) is 0 Å². The minimum atomic E-state index is -0.257. The molecule has 0 bridgehead atoms. The summed E-state index contributed by atoms with van der Waals surface area (Å²) in [6.45, 7) is 2.25. The summed E-state index contributed by atoms with van der Waals surface area (Å²) in [5, 5.41) is 4.11. The molecule has 3 heteroatoms. The van der Waals surface area contributed by atoms with Gasteiger partial charge in [-0.3, -0.25) is 0 Å². The van der Waals surface area contributed by atoms with Gasteiger partial charge < -0.3 is 4.74 Å². The molecular weight excluding hydrogens is 223 g/mol. The van der Waals surface area contributed by atoms with Crippen molar-refractivity contribution in [2.24, 2.45) is 0 Å². The van der Waals surface area contributed by atoms with Crippen LogP contribution in [0.4, 0.5) is 4.39 Å². The van der Waals surface area contributed by atoms with Gasteiger partial charge in [0.25, 0.3) is 0 Å². The van der Waals surface area contributed by atoms with Gasteiger partial charge in [-0.25, -0.2) is 4.39 Å². The highest BCUT2D eigenvalue weighted by atomic mass is 32.1. The topological polar surface area (TPSA) is 9.23 Å². The van der Waals surface area contributed by atoms with Crippen LogP contribution in [0, 0.1) is 12.7 Å². The highest BCUT2D eigenvalue weighted by Crippen LogP contribution is 2.19. The van der Waals surface area contributed by atoms with Crippen molar-refractivity contribution in [3.05, 3.63) is 52.0 Å². The largest absolute Gasteiger partial charge is 0.490 e. The van der Waals surface area contributed by atoms with Gasteiger partial charge in [-0.1, -0.05) is 12.1 Å². The predicted octanol–water partition coefficient (Wildman–Crippen LogP) is 3.82. The Bertz CT molecular complexity index is 451. The van der Waals surface area contributed by atoms with Gasteiger partial charge in [0.1, 0.15) is 0 Å². The fraction of sp³-hybridized carbons (Fsp3) is 0.231. The first-order valence-corrected chi connectivity index (χ1v) is 6.10. The molecule has 16 heavy (non-hydrogen) atoms. The number of hydrogen-bond acceptors (Lipinski definition) is 2. The van der Waals surface area contributed by atoms with E-state index >= 15 is 0 Å². The third-order valence-corrected chi connectivity index (χ3v) is 3.12. The maximum Gasteiger partial charge on any atom is 0.167 e. The van der Waals surface area contributed by atoms with Crippen LogP contribution < -0.4 is 4.74 Å². The lowest BCUT2D eigenvalue weighted by Crippen LogP contribution is -2.02. The molecule has 1 aromatic carbocycles. The van der Waals surface area contributed by atoms with Crippen LogP contribution >= 0.6 is 11.3 Å². The van der Waals surface area contributed by atoms with Gasteiger partial charge in [0, 0.05) is 6.42 Å². The van der Waals surface area contributed by atoms with Crippen molar-refractivity contribution in [1.29, 1.82) is 0 Å². The van der Waals surface area contributed by atoms with Gasteiger partial charge in [0.2, 0.25) is 0 Å². The summed E-state index contributed by atoms with van der Waals surface area (Å²) in [5.74, 6) is 0.0862. The Labute approximate surface area is 98.5 Å². The fourth-order valence-electron chi connectivity index (χ4n) is 1.45. The summed E-state index contributed by atoms with van der Waals surface area (Å²) in [6.07, 6.45) is 0.816. The maximum atomic E-state index is 13.5. The first kappa shape index (κ1) is 11.1. The van der Waals surface area contributed by atoms with Gasteiger partial charge in [0.15, 0.2) is 11.6 Å². The smallest absolute Gasteiger partial charge is 0.167 e. The molecule has 0 fully saturated rings. The van der Waals surface area contributed by atoms with Crippen molar-refractivity contribution >= 4 is 11.3 Å². The zero-order valence-corrected chi connectivity index (χ0v) is 9.89. The fourth-order valence-corrected chi connectivity index (χ4v) is 2.15. The molecule has 0 spiro atoms. The molecule has 0 aliphatic heterocycles. The average Bonchev–Trinajstić information content (AvgIpc) is 2.77. The number of aryl methyl sites for hydroxylation is 1. The average molecular weight is 236 g/mol. The summed E-state index contributed by atoms with van der Waals surface area (Å²) in [5.41, 5.74) is 1.85. The van der Waals surface area contributed by atoms with Crippen LogP contribution in [0.25, 0.3) is 0 Å². The second kappa shape index (κ2) is 5.12. The maximum absolute atomic E-state index is 13.5. The molecule has 0 aliphatic rings. The van der Waals surface area contributed by atoms with Crippen LogP contribution in [0.1, 0.15) is 11.1 Å². The lowest BCUT2D eigenvalue weighted by molar-refractivity contribution is 0.304. The molecule has 1 nitrogen and oxygen atoms in total. The van der Waals surface area contributed by atoms with Crippen LogP contribution in [0.5, 0.6) is 5.75 Å². The summed E-state index contributed by atoms with van der Waals surface area (Å²) in [7, 11) is 0. The Hall–Kier alpha value is -1.35. The third-order valence-electron chi connectivity index (χ3n) is 2.38. The van der Waals surface area contributed by atoms with Crippen molar-refractivity contribution in [3.63, 3.8) is 0 Å². The lowest BCUT2D eigenvalue weighted by Gasteiger charge is -2.07. The van der Waals surface area contributed by atoms with E-state index in [9.17, 15) is 4.39 Å². The monoisotopic (exact) mass is 236 g/mol. The van der Waals surface area contributed by atoms with E-state index in [4.69, 9.17) is 4.74 Å². The van der Waals surface area contributed by atoms with E-state index in [1.807, 2.05) is 5.38 Å². The molecular formula is C13H13FOS. The molecule has 0 saturated heterocycles. The number of thiophene rings is 1. The Kier molecular flexibility index (Phi) is 3.57. The Morgan fingerprint density at radius 1 is 1.31 bits per heavy atom. The molecule has 0 radical (unpaired) electrons. The zero-order chi connectivity index (χ0) is 11.4. The SMILES string of the molecule is Cc1cccc(OCCc2ccsc2)c1F. The highest BCUT2D eigenvalue weighted by Gasteiger charge is 2.05. The molecule has 0 N–H and O–H groups in total. The van der Waals surface area contributed by atoms with E-state index in [1.165, 1.54) is 5.56 Å². The third kappa shape index (κ3) is 2.61. The Morgan fingerprint density at radius 2 is 2.19 bits per heavy atom. The lowest BCUT2D eigenvalue weighted by atomic mass is 10.2. The quantitative estimate of drug-likeness (QED) is 0.784. The first-order valence-electron chi connectivity index (χ1n) is 5.16. The van der Waals surface area contributed by atoms with E-state index in [-0.39, 0.29) is 5.82 Å². The number of halogens is 1. The normalized spacial score (nSPS) is 10.4. The molecule has 84 valence electrons. The zero-order valence-electron chi connectivity index (χ0n) is 9.07. The molecule has 0 unspecified atom stereocenters. The number of hydrogen-bond donors (Lipinski definition) is 0. The number of benzene rings is 1. The van der Waals surface area contributed by atoms with E-state index in [2.05, 4.69) is 11.4 Å². The highest BCUT2D eigenvalue weighted by molar-refractivity contribution is 7.07. The minimum absolute atomic E-state index is 0.257. The van der Waals surface area contributed by atoms with Crippen LogP contribution in [0.3, 0.4) is 0 Å². The molecule has 0 saturated carbocycles. The molecule has 0 aliphatic carbocycles. The summed E-state index contributed by atoms with van der Waals surface area (Å²) in [4.78, 5) is 0. The van der Waals surface area contributed by atoms with Gasteiger partial charge in [-0.15, -0.1) is 0 Å². The molecule has 1 heterocycles. The van der Waals surface area contributed by atoms with Crippen LogP contribution in [-0.2, 0) is 6.42 Å². The number of rotatable bonds is 4. The van der Waals surface area contributed by atoms with Crippen LogP contribution in [-0.4, -0.2) is 6.61 Å². The minimum Gasteiger partial charge on any atom is -0.490 e. The summed E-state index contributed by atoms with van der Waals surface area (Å²) in [6, 6.07) is 7.26. The molecule has 2 rings (SSSR count). The molecule has 0 amide bonds.